The van der Waals surface area contributed by atoms with Gasteiger partial charge >= 0.3 is 0 Å². The lowest BCUT2D eigenvalue weighted by molar-refractivity contribution is 0.275. The minimum Gasteiger partial charge on any atom is -0.472 e. The van der Waals surface area contributed by atoms with Crippen molar-refractivity contribution in [3.8, 4) is 5.88 Å². The van der Waals surface area contributed by atoms with E-state index in [0.717, 1.165) is 12.8 Å². The maximum Gasteiger partial charge on any atom is 0.252 e. The molecule has 1 heterocycles. The predicted octanol–water partition coefficient (Wildman–Crippen LogP) is 1.80. The zero-order chi connectivity index (χ0) is 9.26. The first-order valence-electron chi connectivity index (χ1n) is 4.30. The maximum atomic E-state index is 13.4. The number of nitrogens with one attached hydrogen (secondary N) is 1. The number of nitrogens with zero attached hydrogens (tertiary/aromatic N) is 1. The number of aromatic nitrogens is 1. The molecule has 0 aliphatic heterocycles. The quantitative estimate of drug-likeness (QED) is 0.774. The van der Waals surface area contributed by atoms with Crippen LogP contribution in [0.2, 0.25) is 0 Å². The fourth-order valence-corrected chi connectivity index (χ4v) is 1.04. The van der Waals surface area contributed by atoms with Crippen molar-refractivity contribution in [3.63, 3.8) is 0 Å². The SMILES string of the molecule is CNc1ccnc(OC2CC2)c1F. The highest BCUT2D eigenvalue weighted by Gasteiger charge is 2.25. The van der Waals surface area contributed by atoms with E-state index in [1.54, 1.807) is 13.1 Å². The van der Waals surface area contributed by atoms with E-state index in [0.29, 0.717) is 5.69 Å². The number of pyridine rings is 1. The molecule has 1 aliphatic rings. The summed E-state index contributed by atoms with van der Waals surface area (Å²) in [5.74, 6) is -0.300. The summed E-state index contributed by atoms with van der Waals surface area (Å²) in [5, 5.41) is 2.73. The average Bonchev–Trinajstić information content (AvgIpc) is 2.92. The van der Waals surface area contributed by atoms with Crippen LogP contribution in [0.3, 0.4) is 0 Å². The highest BCUT2D eigenvalue weighted by molar-refractivity contribution is 5.46. The first-order valence-corrected chi connectivity index (χ1v) is 4.30. The van der Waals surface area contributed by atoms with Crippen LogP contribution >= 0.6 is 0 Å². The van der Waals surface area contributed by atoms with E-state index in [1.807, 2.05) is 0 Å². The van der Waals surface area contributed by atoms with E-state index in [2.05, 4.69) is 10.3 Å². The molecular weight excluding hydrogens is 171 g/mol. The van der Waals surface area contributed by atoms with E-state index < -0.39 is 5.82 Å². The Labute approximate surface area is 75.9 Å². The molecule has 2 rings (SSSR count). The summed E-state index contributed by atoms with van der Waals surface area (Å²) in [6, 6.07) is 1.58. The van der Waals surface area contributed by atoms with Crippen molar-refractivity contribution in [2.24, 2.45) is 0 Å². The van der Waals surface area contributed by atoms with E-state index in [4.69, 9.17) is 4.74 Å². The monoisotopic (exact) mass is 182 g/mol. The zero-order valence-corrected chi connectivity index (χ0v) is 7.38. The van der Waals surface area contributed by atoms with E-state index >= 15 is 0 Å². The van der Waals surface area contributed by atoms with Gasteiger partial charge in [0.1, 0.15) is 6.10 Å². The molecule has 0 bridgehead atoms. The molecule has 1 N–H and O–H groups in total. The minimum atomic E-state index is -0.406. The molecule has 1 fully saturated rings. The third-order valence-electron chi connectivity index (χ3n) is 1.93. The Morgan fingerprint density at radius 3 is 3.00 bits per heavy atom. The molecule has 0 saturated heterocycles. The Bertz CT molecular complexity index is 312. The number of hydrogen-bond donors (Lipinski definition) is 1. The highest BCUT2D eigenvalue weighted by Crippen LogP contribution is 2.29. The van der Waals surface area contributed by atoms with Crippen LogP contribution < -0.4 is 10.1 Å². The van der Waals surface area contributed by atoms with E-state index in [9.17, 15) is 4.39 Å². The Morgan fingerprint density at radius 1 is 1.62 bits per heavy atom. The Kier molecular flexibility index (Phi) is 2.04. The summed E-state index contributed by atoms with van der Waals surface area (Å²) in [6.45, 7) is 0. The minimum absolute atomic E-state index is 0.106. The van der Waals surface area contributed by atoms with Crippen LogP contribution in [-0.4, -0.2) is 18.1 Å². The summed E-state index contributed by atoms with van der Waals surface area (Å²) in [4.78, 5) is 3.83. The van der Waals surface area contributed by atoms with Crippen molar-refractivity contribution < 1.29 is 9.13 Å². The number of ether oxygens (including phenoxy) is 1. The van der Waals surface area contributed by atoms with Gasteiger partial charge in [-0.2, -0.15) is 4.39 Å². The maximum absolute atomic E-state index is 13.4. The smallest absolute Gasteiger partial charge is 0.252 e. The molecule has 3 nitrogen and oxygen atoms in total. The van der Waals surface area contributed by atoms with Crippen LogP contribution in [0.15, 0.2) is 12.3 Å². The molecule has 0 unspecified atom stereocenters. The lowest BCUT2D eigenvalue weighted by Crippen LogP contribution is -2.03. The van der Waals surface area contributed by atoms with Gasteiger partial charge in [0.25, 0.3) is 5.88 Å². The molecule has 1 aromatic heterocycles. The summed E-state index contributed by atoms with van der Waals surface area (Å²) in [5.41, 5.74) is 0.422. The van der Waals surface area contributed by atoms with Gasteiger partial charge in [0.2, 0.25) is 5.82 Å². The lowest BCUT2D eigenvalue weighted by atomic mass is 10.4. The van der Waals surface area contributed by atoms with Crippen LogP contribution in [0, 0.1) is 5.82 Å². The topological polar surface area (TPSA) is 34.2 Å². The van der Waals surface area contributed by atoms with Crippen LogP contribution in [0.1, 0.15) is 12.8 Å². The van der Waals surface area contributed by atoms with Gasteiger partial charge in [-0.3, -0.25) is 0 Å². The van der Waals surface area contributed by atoms with Crippen molar-refractivity contribution >= 4 is 5.69 Å². The van der Waals surface area contributed by atoms with Gasteiger partial charge in [0, 0.05) is 13.2 Å². The normalized spacial score (nSPS) is 15.5. The first kappa shape index (κ1) is 8.29. The molecule has 0 aromatic carbocycles. The van der Waals surface area contributed by atoms with Crippen LogP contribution in [0.5, 0.6) is 5.88 Å². The predicted molar refractivity (Wildman–Crippen MR) is 47.4 cm³/mol. The molecule has 0 amide bonds. The molecule has 13 heavy (non-hydrogen) atoms. The Hall–Kier alpha value is -1.32. The number of hydrogen-bond acceptors (Lipinski definition) is 3. The average molecular weight is 182 g/mol. The van der Waals surface area contributed by atoms with Gasteiger partial charge in [-0.1, -0.05) is 0 Å². The molecule has 0 spiro atoms. The standard InChI is InChI=1S/C9H11FN2O/c1-11-7-4-5-12-9(8(7)10)13-6-2-3-6/h4-6H,2-3H2,1H3,(H,11,12). The fraction of sp³-hybridized carbons (Fsp3) is 0.444. The van der Waals surface area contributed by atoms with Gasteiger partial charge in [0.15, 0.2) is 0 Å². The summed E-state index contributed by atoms with van der Waals surface area (Å²) in [7, 11) is 1.67. The van der Waals surface area contributed by atoms with Crippen molar-refractivity contribution in [1.29, 1.82) is 0 Å². The Balaban J connectivity index is 2.22. The summed E-state index contributed by atoms with van der Waals surface area (Å²) in [6.07, 6.45) is 3.72. The number of anilines is 1. The second-order valence-electron chi connectivity index (χ2n) is 3.04. The third kappa shape index (κ3) is 1.71. The van der Waals surface area contributed by atoms with Gasteiger partial charge in [0.05, 0.1) is 5.69 Å². The summed E-state index contributed by atoms with van der Waals surface area (Å²) < 4.78 is 18.7. The molecule has 4 heteroatoms. The lowest BCUT2D eigenvalue weighted by Gasteiger charge is -2.07. The van der Waals surface area contributed by atoms with Crippen molar-refractivity contribution in [3.05, 3.63) is 18.1 Å². The fourth-order valence-electron chi connectivity index (χ4n) is 1.04. The zero-order valence-electron chi connectivity index (χ0n) is 7.38. The molecule has 1 aromatic rings. The first-order chi connectivity index (χ1) is 6.31. The van der Waals surface area contributed by atoms with Crippen LogP contribution in [0.4, 0.5) is 10.1 Å². The van der Waals surface area contributed by atoms with Gasteiger partial charge < -0.3 is 10.1 Å². The number of halogens is 1. The molecule has 70 valence electrons. The second kappa shape index (κ2) is 3.20. The molecule has 1 aliphatic carbocycles. The van der Waals surface area contributed by atoms with Crippen molar-refractivity contribution in [1.82, 2.24) is 4.98 Å². The van der Waals surface area contributed by atoms with Crippen molar-refractivity contribution in [2.75, 3.05) is 12.4 Å². The van der Waals surface area contributed by atoms with E-state index in [-0.39, 0.29) is 12.0 Å². The van der Waals surface area contributed by atoms with Crippen LogP contribution in [-0.2, 0) is 0 Å². The Morgan fingerprint density at radius 2 is 2.38 bits per heavy atom. The molecule has 0 radical (unpaired) electrons. The van der Waals surface area contributed by atoms with E-state index in [1.165, 1.54) is 6.20 Å². The van der Waals surface area contributed by atoms with Gasteiger partial charge in [-0.05, 0) is 18.9 Å². The van der Waals surface area contributed by atoms with Crippen molar-refractivity contribution in [2.45, 2.75) is 18.9 Å². The largest absolute Gasteiger partial charge is 0.472 e. The molecule has 0 atom stereocenters. The highest BCUT2D eigenvalue weighted by atomic mass is 19.1. The van der Waals surface area contributed by atoms with Gasteiger partial charge in [-0.15, -0.1) is 0 Å². The molecule has 1 saturated carbocycles. The summed E-state index contributed by atoms with van der Waals surface area (Å²) >= 11 is 0. The number of rotatable bonds is 3. The van der Waals surface area contributed by atoms with Gasteiger partial charge in [-0.25, -0.2) is 4.98 Å². The third-order valence-corrected chi connectivity index (χ3v) is 1.93. The van der Waals surface area contributed by atoms with Crippen LogP contribution in [0.25, 0.3) is 0 Å². The molecular formula is C9H11FN2O. The second-order valence-corrected chi connectivity index (χ2v) is 3.04.